The number of halogens is 2. The molecule has 112 valence electrons. The predicted octanol–water partition coefficient (Wildman–Crippen LogP) is 3.93. The lowest BCUT2D eigenvalue weighted by Gasteiger charge is -2.05. The number of amides is 1. The van der Waals surface area contributed by atoms with Gasteiger partial charge in [-0.2, -0.15) is 0 Å². The van der Waals surface area contributed by atoms with Crippen LogP contribution >= 0.6 is 11.6 Å². The van der Waals surface area contributed by atoms with Crippen molar-refractivity contribution < 1.29 is 9.18 Å². The van der Waals surface area contributed by atoms with Crippen LogP contribution in [0.2, 0.25) is 5.02 Å². The topological polar surface area (TPSA) is 57.8 Å². The molecule has 0 aliphatic heterocycles. The molecule has 0 unspecified atom stereocenters. The second-order valence-electron chi connectivity index (χ2n) is 4.88. The summed E-state index contributed by atoms with van der Waals surface area (Å²) in [6.45, 7) is 0. The van der Waals surface area contributed by atoms with Crippen molar-refractivity contribution in [1.82, 2.24) is 9.97 Å². The van der Waals surface area contributed by atoms with Crippen LogP contribution in [0.5, 0.6) is 0 Å². The van der Waals surface area contributed by atoms with Crippen molar-refractivity contribution in [2.45, 2.75) is 12.8 Å². The van der Waals surface area contributed by atoms with Gasteiger partial charge < -0.3 is 10.3 Å². The summed E-state index contributed by atoms with van der Waals surface area (Å²) in [5, 5.41) is 2.66. The first-order chi connectivity index (χ1) is 10.6. The number of carbonyl (C=O) groups is 1. The van der Waals surface area contributed by atoms with Gasteiger partial charge in [-0.25, -0.2) is 9.37 Å². The van der Waals surface area contributed by atoms with Gasteiger partial charge in [-0.05, 0) is 30.3 Å². The van der Waals surface area contributed by atoms with Crippen molar-refractivity contribution in [3.8, 4) is 0 Å². The quantitative estimate of drug-likeness (QED) is 0.766. The zero-order valence-corrected chi connectivity index (χ0v) is 12.3. The van der Waals surface area contributed by atoms with Gasteiger partial charge in [0, 0.05) is 18.5 Å². The standard InChI is InChI=1S/C16H13ClFN3O/c17-11-9-10(5-6-12(11)18)19-16(22)8-7-15-20-13-3-1-2-4-14(13)21-15/h1-6,9H,7-8H2,(H,19,22)(H,20,21). The molecular formula is C16H13ClFN3O. The van der Waals surface area contributed by atoms with Gasteiger partial charge in [0.05, 0.1) is 16.1 Å². The van der Waals surface area contributed by atoms with E-state index in [1.165, 1.54) is 18.2 Å². The fraction of sp³-hybridized carbons (Fsp3) is 0.125. The van der Waals surface area contributed by atoms with Crippen LogP contribution in [0.15, 0.2) is 42.5 Å². The number of nitrogens with zero attached hydrogens (tertiary/aromatic N) is 1. The Morgan fingerprint density at radius 1 is 1.27 bits per heavy atom. The van der Waals surface area contributed by atoms with Crippen LogP contribution < -0.4 is 5.32 Å². The highest BCUT2D eigenvalue weighted by atomic mass is 35.5. The van der Waals surface area contributed by atoms with Gasteiger partial charge in [0.2, 0.25) is 5.91 Å². The number of fused-ring (bicyclic) bond motifs is 1. The summed E-state index contributed by atoms with van der Waals surface area (Å²) >= 11 is 5.67. The fourth-order valence-electron chi connectivity index (χ4n) is 2.15. The Morgan fingerprint density at radius 3 is 2.86 bits per heavy atom. The van der Waals surface area contributed by atoms with Crippen molar-refractivity contribution >= 4 is 34.2 Å². The SMILES string of the molecule is O=C(CCc1nc2ccccc2[nH]1)Nc1ccc(F)c(Cl)c1. The molecule has 2 aromatic carbocycles. The second kappa shape index (κ2) is 6.15. The van der Waals surface area contributed by atoms with Gasteiger partial charge in [0.1, 0.15) is 11.6 Å². The van der Waals surface area contributed by atoms with Crippen LogP contribution in [0.25, 0.3) is 11.0 Å². The maximum atomic E-state index is 13.0. The summed E-state index contributed by atoms with van der Waals surface area (Å²) in [7, 11) is 0. The van der Waals surface area contributed by atoms with Crippen molar-refractivity contribution in [2.24, 2.45) is 0 Å². The molecule has 22 heavy (non-hydrogen) atoms. The first-order valence-electron chi connectivity index (χ1n) is 6.80. The van der Waals surface area contributed by atoms with Gasteiger partial charge in [-0.3, -0.25) is 4.79 Å². The van der Waals surface area contributed by atoms with Crippen molar-refractivity contribution in [3.63, 3.8) is 0 Å². The largest absolute Gasteiger partial charge is 0.342 e. The van der Waals surface area contributed by atoms with E-state index in [1.54, 1.807) is 0 Å². The molecule has 2 N–H and O–H groups in total. The zero-order valence-electron chi connectivity index (χ0n) is 11.6. The average molecular weight is 318 g/mol. The van der Waals surface area contributed by atoms with E-state index in [0.29, 0.717) is 12.1 Å². The first kappa shape index (κ1) is 14.5. The number of benzene rings is 2. The lowest BCUT2D eigenvalue weighted by Crippen LogP contribution is -2.12. The third-order valence-corrected chi connectivity index (χ3v) is 3.52. The summed E-state index contributed by atoms with van der Waals surface area (Å²) < 4.78 is 13.0. The molecular weight excluding hydrogens is 305 g/mol. The summed E-state index contributed by atoms with van der Waals surface area (Å²) in [4.78, 5) is 19.5. The molecule has 0 atom stereocenters. The molecule has 0 radical (unpaired) electrons. The molecule has 0 aliphatic rings. The van der Waals surface area contributed by atoms with Crippen molar-refractivity contribution in [3.05, 3.63) is 59.1 Å². The molecule has 0 spiro atoms. The van der Waals surface area contributed by atoms with Crippen molar-refractivity contribution in [2.75, 3.05) is 5.32 Å². The molecule has 3 aromatic rings. The van der Waals surface area contributed by atoms with E-state index in [4.69, 9.17) is 11.6 Å². The van der Waals surface area contributed by atoms with E-state index in [9.17, 15) is 9.18 Å². The highest BCUT2D eigenvalue weighted by Crippen LogP contribution is 2.19. The van der Waals surface area contributed by atoms with E-state index in [0.717, 1.165) is 16.9 Å². The molecule has 1 heterocycles. The number of hydrogen-bond donors (Lipinski definition) is 2. The number of para-hydroxylation sites is 2. The number of hydrogen-bond acceptors (Lipinski definition) is 2. The minimum atomic E-state index is -0.512. The molecule has 4 nitrogen and oxygen atoms in total. The molecule has 0 saturated heterocycles. The molecule has 0 fully saturated rings. The number of H-pyrrole nitrogens is 1. The summed E-state index contributed by atoms with van der Waals surface area (Å²) in [6.07, 6.45) is 0.768. The van der Waals surface area contributed by atoms with Crippen LogP contribution in [0, 0.1) is 5.82 Å². The minimum absolute atomic E-state index is 0.0184. The Balaban J connectivity index is 1.60. The summed E-state index contributed by atoms with van der Waals surface area (Å²) in [5.41, 5.74) is 2.30. The van der Waals surface area contributed by atoms with Crippen LogP contribution in [-0.4, -0.2) is 15.9 Å². The Morgan fingerprint density at radius 2 is 2.09 bits per heavy atom. The van der Waals surface area contributed by atoms with Gasteiger partial charge in [-0.1, -0.05) is 23.7 Å². The van der Waals surface area contributed by atoms with Gasteiger partial charge in [0.25, 0.3) is 0 Å². The highest BCUT2D eigenvalue weighted by Gasteiger charge is 2.08. The number of carbonyl (C=O) groups excluding carboxylic acids is 1. The lowest BCUT2D eigenvalue weighted by molar-refractivity contribution is -0.116. The average Bonchev–Trinajstić information content (AvgIpc) is 2.92. The number of aromatic amines is 1. The first-order valence-corrected chi connectivity index (χ1v) is 7.18. The minimum Gasteiger partial charge on any atom is -0.342 e. The molecule has 0 saturated carbocycles. The van der Waals surface area contributed by atoms with Gasteiger partial charge in [0.15, 0.2) is 0 Å². The van der Waals surface area contributed by atoms with Gasteiger partial charge in [-0.15, -0.1) is 0 Å². The second-order valence-corrected chi connectivity index (χ2v) is 5.28. The predicted molar refractivity (Wildman–Crippen MR) is 84.5 cm³/mol. The number of anilines is 1. The molecule has 0 bridgehead atoms. The van der Waals surface area contributed by atoms with E-state index >= 15 is 0 Å². The van der Waals surface area contributed by atoms with E-state index in [2.05, 4.69) is 15.3 Å². The van der Waals surface area contributed by atoms with Crippen LogP contribution in [0.3, 0.4) is 0 Å². The van der Waals surface area contributed by atoms with E-state index in [-0.39, 0.29) is 17.4 Å². The van der Waals surface area contributed by atoms with Crippen LogP contribution in [0.4, 0.5) is 10.1 Å². The Kier molecular flexibility index (Phi) is 4.06. The lowest BCUT2D eigenvalue weighted by atomic mass is 10.2. The Hall–Kier alpha value is -2.40. The summed E-state index contributed by atoms with van der Waals surface area (Å²) in [5.74, 6) is 0.0681. The molecule has 1 aromatic heterocycles. The fourth-order valence-corrected chi connectivity index (χ4v) is 2.33. The number of rotatable bonds is 4. The number of aryl methyl sites for hydroxylation is 1. The Bertz CT molecular complexity index is 798. The zero-order chi connectivity index (χ0) is 15.5. The van der Waals surface area contributed by atoms with Crippen LogP contribution in [-0.2, 0) is 11.2 Å². The summed E-state index contributed by atoms with van der Waals surface area (Å²) in [6, 6.07) is 11.8. The van der Waals surface area contributed by atoms with Crippen LogP contribution in [0.1, 0.15) is 12.2 Å². The number of imidazole rings is 1. The molecule has 1 amide bonds. The van der Waals surface area contributed by atoms with Crippen molar-refractivity contribution in [1.29, 1.82) is 0 Å². The highest BCUT2D eigenvalue weighted by molar-refractivity contribution is 6.31. The third-order valence-electron chi connectivity index (χ3n) is 3.23. The van der Waals surface area contributed by atoms with E-state index in [1.807, 2.05) is 24.3 Å². The maximum Gasteiger partial charge on any atom is 0.224 e. The third kappa shape index (κ3) is 3.26. The number of nitrogens with one attached hydrogen (secondary N) is 2. The normalized spacial score (nSPS) is 10.8. The monoisotopic (exact) mass is 317 g/mol. The molecule has 0 aliphatic carbocycles. The smallest absolute Gasteiger partial charge is 0.224 e. The Labute approximate surface area is 131 Å². The van der Waals surface area contributed by atoms with Gasteiger partial charge >= 0.3 is 0 Å². The maximum absolute atomic E-state index is 13.0. The number of aromatic nitrogens is 2. The van der Waals surface area contributed by atoms with E-state index < -0.39 is 5.82 Å². The molecule has 6 heteroatoms. The molecule has 3 rings (SSSR count).